The lowest BCUT2D eigenvalue weighted by Gasteiger charge is -2.06. The highest BCUT2D eigenvalue weighted by molar-refractivity contribution is 5.78. The standard InChI is InChI=1S/C12H17FN2O2/c13-11-4-2-1-3-10(11)9-12(16)15-6-8-17-7-5-14/h1-4H,5-9,14H2,(H,15,16). The Labute approximate surface area is 100.0 Å². The molecule has 0 unspecified atom stereocenters. The summed E-state index contributed by atoms with van der Waals surface area (Å²) in [4.78, 5) is 11.4. The Hall–Kier alpha value is -1.46. The first-order valence-corrected chi connectivity index (χ1v) is 5.52. The van der Waals surface area contributed by atoms with Crippen molar-refractivity contribution in [3.63, 3.8) is 0 Å². The maximum atomic E-state index is 13.2. The number of halogens is 1. The summed E-state index contributed by atoms with van der Waals surface area (Å²) in [5.41, 5.74) is 5.63. The van der Waals surface area contributed by atoms with Crippen molar-refractivity contribution in [3.05, 3.63) is 35.6 Å². The van der Waals surface area contributed by atoms with E-state index in [2.05, 4.69) is 5.32 Å². The summed E-state index contributed by atoms with van der Waals surface area (Å²) in [7, 11) is 0. The highest BCUT2D eigenvalue weighted by Crippen LogP contribution is 2.06. The molecule has 1 rings (SSSR count). The third kappa shape index (κ3) is 5.42. The van der Waals surface area contributed by atoms with Crippen molar-refractivity contribution < 1.29 is 13.9 Å². The molecule has 5 heteroatoms. The van der Waals surface area contributed by atoms with Crippen LogP contribution in [0.2, 0.25) is 0 Å². The van der Waals surface area contributed by atoms with Gasteiger partial charge in [0.15, 0.2) is 0 Å². The molecule has 0 saturated carbocycles. The SMILES string of the molecule is NCCOCCNC(=O)Cc1ccccc1F. The zero-order valence-corrected chi connectivity index (χ0v) is 9.62. The largest absolute Gasteiger partial charge is 0.378 e. The van der Waals surface area contributed by atoms with E-state index in [0.717, 1.165) is 0 Å². The lowest BCUT2D eigenvalue weighted by molar-refractivity contribution is -0.120. The molecule has 0 spiro atoms. The number of nitrogens with one attached hydrogen (secondary N) is 1. The zero-order chi connectivity index (χ0) is 12.5. The molecule has 0 fully saturated rings. The van der Waals surface area contributed by atoms with Gasteiger partial charge in [-0.15, -0.1) is 0 Å². The molecule has 1 aromatic carbocycles. The summed E-state index contributed by atoms with van der Waals surface area (Å²) in [5.74, 6) is -0.575. The first-order valence-electron chi connectivity index (χ1n) is 5.52. The Morgan fingerprint density at radius 1 is 1.35 bits per heavy atom. The molecule has 4 nitrogen and oxygen atoms in total. The summed E-state index contributed by atoms with van der Waals surface area (Å²) in [6, 6.07) is 6.24. The van der Waals surface area contributed by atoms with Gasteiger partial charge >= 0.3 is 0 Å². The second-order valence-corrected chi connectivity index (χ2v) is 3.52. The lowest BCUT2D eigenvalue weighted by Crippen LogP contribution is -2.29. The van der Waals surface area contributed by atoms with E-state index in [1.54, 1.807) is 18.2 Å². The number of benzene rings is 1. The van der Waals surface area contributed by atoms with Gasteiger partial charge in [0.1, 0.15) is 5.82 Å². The number of hydrogen-bond acceptors (Lipinski definition) is 3. The van der Waals surface area contributed by atoms with E-state index in [4.69, 9.17) is 10.5 Å². The molecule has 0 heterocycles. The molecule has 0 aromatic heterocycles. The number of carbonyl (C=O) groups is 1. The summed E-state index contributed by atoms with van der Waals surface area (Å²) in [6.45, 7) is 1.76. The van der Waals surface area contributed by atoms with E-state index < -0.39 is 0 Å². The van der Waals surface area contributed by atoms with Crippen LogP contribution >= 0.6 is 0 Å². The van der Waals surface area contributed by atoms with Gasteiger partial charge < -0.3 is 15.8 Å². The minimum Gasteiger partial charge on any atom is -0.378 e. The van der Waals surface area contributed by atoms with Gasteiger partial charge in [-0.3, -0.25) is 4.79 Å². The van der Waals surface area contributed by atoms with Crippen LogP contribution in [0.3, 0.4) is 0 Å². The number of nitrogens with two attached hydrogens (primary N) is 1. The summed E-state index contributed by atoms with van der Waals surface area (Å²) in [5, 5.41) is 2.65. The Bertz CT molecular complexity index is 358. The van der Waals surface area contributed by atoms with Crippen LogP contribution in [0.1, 0.15) is 5.56 Å². The second-order valence-electron chi connectivity index (χ2n) is 3.52. The molecule has 0 aliphatic heterocycles. The van der Waals surface area contributed by atoms with Crippen LogP contribution in [0, 0.1) is 5.82 Å². The highest BCUT2D eigenvalue weighted by Gasteiger charge is 2.06. The molecule has 0 atom stereocenters. The first kappa shape index (κ1) is 13.6. The number of hydrogen-bond donors (Lipinski definition) is 2. The maximum Gasteiger partial charge on any atom is 0.224 e. The zero-order valence-electron chi connectivity index (χ0n) is 9.62. The van der Waals surface area contributed by atoms with Gasteiger partial charge in [-0.05, 0) is 11.6 Å². The number of ether oxygens (including phenoxy) is 1. The molecule has 1 amide bonds. The average molecular weight is 240 g/mol. The molecule has 1 aromatic rings. The summed E-state index contributed by atoms with van der Waals surface area (Å²) in [6.07, 6.45) is 0.0452. The Morgan fingerprint density at radius 2 is 2.12 bits per heavy atom. The molecule has 3 N–H and O–H groups in total. The molecule has 0 radical (unpaired) electrons. The first-order chi connectivity index (χ1) is 8.24. The fourth-order valence-corrected chi connectivity index (χ4v) is 1.33. The van der Waals surface area contributed by atoms with Crippen molar-refractivity contribution in [2.75, 3.05) is 26.3 Å². The van der Waals surface area contributed by atoms with Crippen molar-refractivity contribution in [3.8, 4) is 0 Å². The minimum absolute atomic E-state index is 0.0452. The average Bonchev–Trinajstić information content (AvgIpc) is 2.32. The monoisotopic (exact) mass is 240 g/mol. The lowest BCUT2D eigenvalue weighted by atomic mass is 10.1. The van der Waals surface area contributed by atoms with Crippen molar-refractivity contribution >= 4 is 5.91 Å². The third-order valence-electron chi connectivity index (χ3n) is 2.14. The smallest absolute Gasteiger partial charge is 0.224 e. The highest BCUT2D eigenvalue weighted by atomic mass is 19.1. The summed E-state index contributed by atoms with van der Waals surface area (Å²) >= 11 is 0. The van der Waals surface area contributed by atoms with Crippen LogP contribution in [0.4, 0.5) is 4.39 Å². The Balaban J connectivity index is 2.23. The van der Waals surface area contributed by atoms with Crippen LogP contribution in [0.5, 0.6) is 0 Å². The van der Waals surface area contributed by atoms with Gasteiger partial charge in [0.2, 0.25) is 5.91 Å². The van der Waals surface area contributed by atoms with Crippen LogP contribution in [-0.4, -0.2) is 32.2 Å². The number of amides is 1. The normalized spacial score (nSPS) is 10.2. The predicted molar refractivity (Wildman–Crippen MR) is 63.0 cm³/mol. The van der Waals surface area contributed by atoms with Crippen LogP contribution in [0.15, 0.2) is 24.3 Å². The van der Waals surface area contributed by atoms with Gasteiger partial charge in [-0.25, -0.2) is 4.39 Å². The predicted octanol–water partition coefficient (Wildman–Crippen LogP) is 0.460. The van der Waals surface area contributed by atoms with E-state index >= 15 is 0 Å². The summed E-state index contributed by atoms with van der Waals surface area (Å²) < 4.78 is 18.3. The fourth-order valence-electron chi connectivity index (χ4n) is 1.33. The van der Waals surface area contributed by atoms with E-state index in [9.17, 15) is 9.18 Å². The van der Waals surface area contributed by atoms with Crippen molar-refractivity contribution in [2.45, 2.75) is 6.42 Å². The number of rotatable bonds is 7. The Morgan fingerprint density at radius 3 is 2.82 bits per heavy atom. The maximum absolute atomic E-state index is 13.2. The van der Waals surface area contributed by atoms with Crippen LogP contribution in [0.25, 0.3) is 0 Å². The minimum atomic E-state index is -0.359. The van der Waals surface area contributed by atoms with E-state index in [1.807, 2.05) is 0 Å². The molecule has 0 aliphatic carbocycles. The molecular weight excluding hydrogens is 223 g/mol. The van der Waals surface area contributed by atoms with E-state index in [-0.39, 0.29) is 18.1 Å². The molecule has 0 aliphatic rings. The van der Waals surface area contributed by atoms with E-state index in [0.29, 0.717) is 31.9 Å². The molecule has 0 saturated heterocycles. The van der Waals surface area contributed by atoms with Crippen LogP contribution in [-0.2, 0) is 16.0 Å². The molecule has 17 heavy (non-hydrogen) atoms. The van der Waals surface area contributed by atoms with Gasteiger partial charge in [0, 0.05) is 13.1 Å². The van der Waals surface area contributed by atoms with Crippen LogP contribution < -0.4 is 11.1 Å². The second kappa shape index (κ2) is 7.76. The quantitative estimate of drug-likeness (QED) is 0.680. The third-order valence-corrected chi connectivity index (χ3v) is 2.14. The topological polar surface area (TPSA) is 64.3 Å². The van der Waals surface area contributed by atoms with Gasteiger partial charge in [-0.2, -0.15) is 0 Å². The Kier molecular flexibility index (Phi) is 6.21. The van der Waals surface area contributed by atoms with Crippen molar-refractivity contribution in [1.82, 2.24) is 5.32 Å². The van der Waals surface area contributed by atoms with Gasteiger partial charge in [0.25, 0.3) is 0 Å². The number of carbonyl (C=O) groups excluding carboxylic acids is 1. The molecule has 94 valence electrons. The van der Waals surface area contributed by atoms with Crippen molar-refractivity contribution in [2.24, 2.45) is 5.73 Å². The molecule has 0 bridgehead atoms. The van der Waals surface area contributed by atoms with Gasteiger partial charge in [-0.1, -0.05) is 18.2 Å². The van der Waals surface area contributed by atoms with E-state index in [1.165, 1.54) is 6.07 Å². The van der Waals surface area contributed by atoms with Gasteiger partial charge in [0.05, 0.1) is 19.6 Å². The van der Waals surface area contributed by atoms with Crippen molar-refractivity contribution in [1.29, 1.82) is 0 Å². The molecular formula is C12H17FN2O2. The fraction of sp³-hybridized carbons (Fsp3) is 0.417.